The molecule has 1 rings (SSSR count). The lowest BCUT2D eigenvalue weighted by atomic mass is 9.83. The van der Waals surface area contributed by atoms with Crippen LogP contribution < -0.4 is 10.6 Å². The highest BCUT2D eigenvalue weighted by molar-refractivity contribution is 5.96. The molecule has 1 atom stereocenters. The second-order valence-corrected chi connectivity index (χ2v) is 6.17. The molecule has 2 N–H and O–H groups in total. The van der Waals surface area contributed by atoms with Crippen LogP contribution in [0.5, 0.6) is 0 Å². The minimum atomic E-state index is -0.0233. The van der Waals surface area contributed by atoms with Gasteiger partial charge in [-0.1, -0.05) is 45.9 Å². The molecule has 0 saturated heterocycles. The Kier molecular flexibility index (Phi) is 5.55. The number of benzene rings is 1. The van der Waals surface area contributed by atoms with Crippen molar-refractivity contribution in [3.8, 4) is 0 Å². The van der Waals surface area contributed by atoms with Gasteiger partial charge >= 0.3 is 0 Å². The van der Waals surface area contributed by atoms with E-state index in [4.69, 9.17) is 0 Å². The van der Waals surface area contributed by atoms with Gasteiger partial charge in [0.05, 0.1) is 0 Å². The van der Waals surface area contributed by atoms with E-state index < -0.39 is 0 Å². The second kappa shape index (κ2) is 6.71. The van der Waals surface area contributed by atoms with E-state index >= 15 is 0 Å². The van der Waals surface area contributed by atoms with Crippen molar-refractivity contribution in [2.45, 2.75) is 33.1 Å². The van der Waals surface area contributed by atoms with Crippen LogP contribution in [0.1, 0.15) is 43.6 Å². The van der Waals surface area contributed by atoms with E-state index in [9.17, 15) is 4.79 Å². The summed E-state index contributed by atoms with van der Waals surface area (Å²) in [7, 11) is 1.92. The third-order valence-corrected chi connectivity index (χ3v) is 3.14. The van der Waals surface area contributed by atoms with E-state index in [2.05, 4.69) is 38.3 Å². The Hall–Kier alpha value is -1.35. The monoisotopic (exact) mass is 262 g/mol. The van der Waals surface area contributed by atoms with E-state index in [0.717, 1.165) is 17.7 Å². The summed E-state index contributed by atoms with van der Waals surface area (Å²) in [5.41, 5.74) is 1.85. The Morgan fingerprint density at radius 3 is 2.42 bits per heavy atom. The van der Waals surface area contributed by atoms with E-state index in [-0.39, 0.29) is 11.3 Å². The number of carbonyl (C=O) groups excluding carboxylic acids is 1. The van der Waals surface area contributed by atoms with Gasteiger partial charge in [-0.3, -0.25) is 4.79 Å². The minimum Gasteiger partial charge on any atom is -0.352 e. The molecule has 106 valence electrons. The maximum absolute atomic E-state index is 12.3. The van der Waals surface area contributed by atoms with E-state index in [0.29, 0.717) is 12.5 Å². The number of hydrogen-bond donors (Lipinski definition) is 2. The van der Waals surface area contributed by atoms with Crippen LogP contribution in [0.4, 0.5) is 0 Å². The first-order chi connectivity index (χ1) is 8.86. The molecule has 0 bridgehead atoms. The van der Waals surface area contributed by atoms with E-state index in [1.807, 2.05) is 31.3 Å². The first-order valence-electron chi connectivity index (χ1n) is 6.88. The summed E-state index contributed by atoms with van der Waals surface area (Å²) in [6.07, 6.45) is 0. The summed E-state index contributed by atoms with van der Waals surface area (Å²) in [6.45, 7) is 10.1. The Morgan fingerprint density at radius 2 is 1.84 bits per heavy atom. The molecular formula is C16H26N2O. The topological polar surface area (TPSA) is 41.1 Å². The van der Waals surface area contributed by atoms with Gasteiger partial charge in [-0.05, 0) is 36.6 Å². The van der Waals surface area contributed by atoms with Crippen LogP contribution in [-0.4, -0.2) is 26.0 Å². The van der Waals surface area contributed by atoms with Gasteiger partial charge in [-0.2, -0.15) is 0 Å². The summed E-state index contributed by atoms with van der Waals surface area (Å²) in [4.78, 5) is 12.3. The summed E-state index contributed by atoms with van der Waals surface area (Å²) in [5, 5.41) is 6.13. The molecule has 0 spiro atoms. The van der Waals surface area contributed by atoms with Crippen LogP contribution in [0.15, 0.2) is 24.3 Å². The van der Waals surface area contributed by atoms with Crippen LogP contribution in [0.3, 0.4) is 0 Å². The smallest absolute Gasteiger partial charge is 0.251 e. The molecule has 19 heavy (non-hydrogen) atoms. The zero-order chi connectivity index (χ0) is 14.5. The maximum atomic E-state index is 12.3. The van der Waals surface area contributed by atoms with Gasteiger partial charge in [0.15, 0.2) is 0 Å². The standard InChI is InChI=1S/C16H26N2O/c1-12(10-17-5)11-18-15(19)13-8-6-7-9-14(13)16(2,3)4/h6-9,12,17H,10-11H2,1-5H3,(H,18,19). The first kappa shape index (κ1) is 15.7. The zero-order valence-corrected chi connectivity index (χ0v) is 12.7. The van der Waals surface area contributed by atoms with E-state index in [1.165, 1.54) is 0 Å². The molecule has 0 aliphatic rings. The first-order valence-corrected chi connectivity index (χ1v) is 6.88. The Bertz CT molecular complexity index is 421. The normalized spacial score (nSPS) is 13.1. The Balaban J connectivity index is 2.78. The predicted octanol–water partition coefficient (Wildman–Crippen LogP) is 2.57. The Labute approximate surface area is 116 Å². The van der Waals surface area contributed by atoms with Crippen molar-refractivity contribution in [2.24, 2.45) is 5.92 Å². The van der Waals surface area contributed by atoms with Crippen LogP contribution in [0.2, 0.25) is 0 Å². The number of nitrogens with one attached hydrogen (secondary N) is 2. The van der Waals surface area contributed by atoms with Gasteiger partial charge in [0, 0.05) is 12.1 Å². The van der Waals surface area contributed by atoms with Crippen molar-refractivity contribution >= 4 is 5.91 Å². The van der Waals surface area contributed by atoms with Crippen LogP contribution in [-0.2, 0) is 5.41 Å². The minimum absolute atomic E-state index is 0.0217. The van der Waals surface area contributed by atoms with Crippen LogP contribution in [0, 0.1) is 5.92 Å². The molecule has 0 saturated carbocycles. The SMILES string of the molecule is CNCC(C)CNC(=O)c1ccccc1C(C)(C)C. The van der Waals surface area contributed by atoms with Crippen molar-refractivity contribution < 1.29 is 4.79 Å². The lowest BCUT2D eigenvalue weighted by Gasteiger charge is -2.22. The highest BCUT2D eigenvalue weighted by Crippen LogP contribution is 2.25. The van der Waals surface area contributed by atoms with Crippen molar-refractivity contribution in [2.75, 3.05) is 20.1 Å². The largest absolute Gasteiger partial charge is 0.352 e. The van der Waals surface area contributed by atoms with Crippen molar-refractivity contribution in [3.05, 3.63) is 35.4 Å². The fraction of sp³-hybridized carbons (Fsp3) is 0.562. The average Bonchev–Trinajstić information content (AvgIpc) is 2.35. The van der Waals surface area contributed by atoms with Gasteiger partial charge < -0.3 is 10.6 Å². The second-order valence-electron chi connectivity index (χ2n) is 6.17. The molecule has 3 heteroatoms. The summed E-state index contributed by atoms with van der Waals surface area (Å²) >= 11 is 0. The van der Waals surface area contributed by atoms with Gasteiger partial charge in [0.25, 0.3) is 5.91 Å². The summed E-state index contributed by atoms with van der Waals surface area (Å²) in [5.74, 6) is 0.448. The number of rotatable bonds is 5. The van der Waals surface area contributed by atoms with Gasteiger partial charge in [-0.25, -0.2) is 0 Å². The van der Waals surface area contributed by atoms with Crippen molar-refractivity contribution in [3.63, 3.8) is 0 Å². The molecule has 3 nitrogen and oxygen atoms in total. The molecule has 1 unspecified atom stereocenters. The lowest BCUT2D eigenvalue weighted by molar-refractivity contribution is 0.0946. The van der Waals surface area contributed by atoms with Gasteiger partial charge in [-0.15, -0.1) is 0 Å². The molecule has 0 aliphatic heterocycles. The number of amides is 1. The Morgan fingerprint density at radius 1 is 1.21 bits per heavy atom. The average molecular weight is 262 g/mol. The molecule has 0 aliphatic carbocycles. The van der Waals surface area contributed by atoms with Gasteiger partial charge in [0.2, 0.25) is 0 Å². The number of hydrogen-bond acceptors (Lipinski definition) is 2. The molecular weight excluding hydrogens is 236 g/mol. The van der Waals surface area contributed by atoms with Gasteiger partial charge in [0.1, 0.15) is 0 Å². The molecule has 1 amide bonds. The zero-order valence-electron chi connectivity index (χ0n) is 12.7. The van der Waals surface area contributed by atoms with Crippen LogP contribution in [0.25, 0.3) is 0 Å². The highest BCUT2D eigenvalue weighted by atomic mass is 16.1. The summed E-state index contributed by atoms with van der Waals surface area (Å²) < 4.78 is 0. The molecule has 1 aromatic rings. The lowest BCUT2D eigenvalue weighted by Crippen LogP contribution is -2.33. The van der Waals surface area contributed by atoms with Crippen LogP contribution >= 0.6 is 0 Å². The molecule has 0 heterocycles. The number of carbonyl (C=O) groups is 1. The van der Waals surface area contributed by atoms with Crippen molar-refractivity contribution in [1.82, 2.24) is 10.6 Å². The van der Waals surface area contributed by atoms with E-state index in [1.54, 1.807) is 0 Å². The predicted molar refractivity (Wildman–Crippen MR) is 80.6 cm³/mol. The molecule has 0 fully saturated rings. The maximum Gasteiger partial charge on any atom is 0.251 e. The fourth-order valence-electron chi connectivity index (χ4n) is 2.12. The fourth-order valence-corrected chi connectivity index (χ4v) is 2.12. The third kappa shape index (κ3) is 4.67. The van der Waals surface area contributed by atoms with Crippen molar-refractivity contribution in [1.29, 1.82) is 0 Å². The highest BCUT2D eigenvalue weighted by Gasteiger charge is 2.21. The summed E-state index contributed by atoms with van der Waals surface area (Å²) in [6, 6.07) is 7.84. The molecule has 1 aromatic carbocycles. The molecule has 0 radical (unpaired) electrons. The quantitative estimate of drug-likeness (QED) is 0.856. The third-order valence-electron chi connectivity index (χ3n) is 3.14. The molecule has 0 aromatic heterocycles.